The third-order valence-electron chi connectivity index (χ3n) is 3.75. The van der Waals surface area contributed by atoms with Gasteiger partial charge in [-0.1, -0.05) is 12.1 Å². The van der Waals surface area contributed by atoms with E-state index in [4.69, 9.17) is 5.26 Å². The molecular formula is C20H18N6O. The summed E-state index contributed by atoms with van der Waals surface area (Å²) in [6.07, 6.45) is 1.70. The van der Waals surface area contributed by atoms with E-state index in [0.29, 0.717) is 22.8 Å². The molecule has 27 heavy (non-hydrogen) atoms. The highest BCUT2D eigenvalue weighted by Crippen LogP contribution is 2.21. The molecule has 0 fully saturated rings. The summed E-state index contributed by atoms with van der Waals surface area (Å²) in [4.78, 5) is 22.9. The number of aromatic nitrogens is 2. The Kier molecular flexibility index (Phi) is 5.28. The Labute approximate surface area is 157 Å². The number of nitriles is 1. The highest BCUT2D eigenvalue weighted by molar-refractivity contribution is 6.00. The van der Waals surface area contributed by atoms with Crippen molar-refractivity contribution in [3.8, 4) is 17.5 Å². The molecule has 1 aromatic heterocycles. The van der Waals surface area contributed by atoms with Crippen LogP contribution in [0.1, 0.15) is 5.56 Å². The van der Waals surface area contributed by atoms with E-state index in [9.17, 15) is 4.79 Å². The number of nitrogens with zero attached hydrogens (tertiary/aromatic N) is 4. The van der Waals surface area contributed by atoms with Gasteiger partial charge in [-0.3, -0.25) is 0 Å². The topological polar surface area (TPSA) is 93.9 Å². The molecule has 7 heteroatoms. The lowest BCUT2D eigenvalue weighted by molar-refractivity contribution is 0.262. The molecule has 0 bridgehead atoms. The molecule has 134 valence electrons. The minimum absolute atomic E-state index is 0.375. The Hall–Kier alpha value is -3.92. The van der Waals surface area contributed by atoms with Crippen LogP contribution in [-0.2, 0) is 0 Å². The van der Waals surface area contributed by atoms with Crippen molar-refractivity contribution >= 4 is 23.2 Å². The van der Waals surface area contributed by atoms with Crippen LogP contribution in [0.5, 0.6) is 0 Å². The molecule has 0 aliphatic rings. The van der Waals surface area contributed by atoms with Crippen molar-refractivity contribution in [2.24, 2.45) is 0 Å². The van der Waals surface area contributed by atoms with Crippen LogP contribution in [0.4, 0.5) is 22.0 Å². The number of amides is 2. The fraction of sp³-hybridized carbons (Fsp3) is 0.100. The van der Waals surface area contributed by atoms with Crippen molar-refractivity contribution in [2.75, 3.05) is 29.6 Å². The third kappa shape index (κ3) is 4.58. The lowest BCUT2D eigenvalue weighted by Crippen LogP contribution is -2.19. The fourth-order valence-electron chi connectivity index (χ4n) is 2.39. The highest BCUT2D eigenvalue weighted by Gasteiger charge is 2.07. The number of rotatable bonds is 4. The van der Waals surface area contributed by atoms with Crippen LogP contribution < -0.4 is 15.5 Å². The molecule has 0 aliphatic carbocycles. The van der Waals surface area contributed by atoms with Crippen LogP contribution >= 0.6 is 0 Å². The molecule has 7 nitrogen and oxygen atoms in total. The lowest BCUT2D eigenvalue weighted by Gasteiger charge is -2.12. The number of benzene rings is 2. The Morgan fingerprint density at radius 1 is 1.04 bits per heavy atom. The smallest absolute Gasteiger partial charge is 0.323 e. The van der Waals surface area contributed by atoms with Crippen molar-refractivity contribution in [1.82, 2.24) is 9.97 Å². The van der Waals surface area contributed by atoms with Crippen molar-refractivity contribution < 1.29 is 4.79 Å². The Bertz CT molecular complexity index is 992. The second-order valence-corrected chi connectivity index (χ2v) is 5.98. The molecule has 1 heterocycles. The number of hydrogen-bond donors (Lipinski definition) is 2. The number of nitrogens with one attached hydrogen (secondary N) is 2. The molecule has 2 amide bonds. The van der Waals surface area contributed by atoms with Crippen LogP contribution in [0.15, 0.2) is 60.8 Å². The average Bonchev–Trinajstić information content (AvgIpc) is 2.69. The molecule has 0 saturated heterocycles. The van der Waals surface area contributed by atoms with Gasteiger partial charge in [0.15, 0.2) is 5.82 Å². The van der Waals surface area contributed by atoms with E-state index in [2.05, 4.69) is 20.6 Å². The molecule has 0 aliphatic heterocycles. The van der Waals surface area contributed by atoms with Crippen LogP contribution in [0.2, 0.25) is 0 Å². The van der Waals surface area contributed by atoms with Gasteiger partial charge in [-0.15, -0.1) is 0 Å². The van der Waals surface area contributed by atoms with Gasteiger partial charge >= 0.3 is 6.03 Å². The molecule has 0 unspecified atom stereocenters. The monoisotopic (exact) mass is 358 g/mol. The molecule has 3 rings (SSSR count). The average molecular weight is 358 g/mol. The molecule has 2 aromatic carbocycles. The quantitative estimate of drug-likeness (QED) is 0.741. The first-order chi connectivity index (χ1) is 13.0. The number of urea groups is 1. The van der Waals surface area contributed by atoms with E-state index in [0.717, 1.165) is 11.4 Å². The molecule has 0 atom stereocenters. The molecular weight excluding hydrogens is 340 g/mol. The van der Waals surface area contributed by atoms with Gasteiger partial charge in [0, 0.05) is 37.2 Å². The van der Waals surface area contributed by atoms with Gasteiger partial charge in [-0.05, 0) is 42.5 Å². The van der Waals surface area contributed by atoms with Gasteiger partial charge in [-0.25, -0.2) is 14.8 Å². The van der Waals surface area contributed by atoms with Crippen molar-refractivity contribution in [3.05, 3.63) is 66.4 Å². The SMILES string of the molecule is CN(C)c1ccnc(-c2cccc(NC(=O)Nc3ccc(C#N)cc3)c2)n1. The largest absolute Gasteiger partial charge is 0.363 e. The van der Waals surface area contributed by atoms with Gasteiger partial charge in [-0.2, -0.15) is 5.26 Å². The fourth-order valence-corrected chi connectivity index (χ4v) is 2.39. The van der Waals surface area contributed by atoms with Gasteiger partial charge in [0.1, 0.15) is 5.82 Å². The van der Waals surface area contributed by atoms with Crippen LogP contribution in [0.3, 0.4) is 0 Å². The van der Waals surface area contributed by atoms with Gasteiger partial charge in [0.2, 0.25) is 0 Å². The first kappa shape index (κ1) is 17.9. The number of carbonyl (C=O) groups excluding carboxylic acids is 1. The molecule has 0 spiro atoms. The van der Waals surface area contributed by atoms with Crippen molar-refractivity contribution in [2.45, 2.75) is 0 Å². The van der Waals surface area contributed by atoms with E-state index in [1.54, 1.807) is 36.5 Å². The molecule has 2 N–H and O–H groups in total. The Balaban J connectivity index is 1.72. The highest BCUT2D eigenvalue weighted by atomic mass is 16.2. The third-order valence-corrected chi connectivity index (χ3v) is 3.75. The number of anilines is 3. The molecule has 3 aromatic rings. The lowest BCUT2D eigenvalue weighted by atomic mass is 10.2. The summed E-state index contributed by atoms with van der Waals surface area (Å²) in [7, 11) is 3.83. The van der Waals surface area contributed by atoms with Gasteiger partial charge in [0.05, 0.1) is 11.6 Å². The summed E-state index contributed by atoms with van der Waals surface area (Å²) in [6, 6.07) is 17.5. The van der Waals surface area contributed by atoms with Crippen LogP contribution in [0.25, 0.3) is 11.4 Å². The summed E-state index contributed by atoms with van der Waals surface area (Å²) in [6.45, 7) is 0. The predicted molar refractivity (Wildman–Crippen MR) is 106 cm³/mol. The standard InChI is InChI=1S/C20H18N6O/c1-26(2)18-10-11-22-19(25-18)15-4-3-5-17(12-15)24-20(27)23-16-8-6-14(13-21)7-9-16/h3-12H,1-2H3,(H2,23,24,27). The van der Waals surface area contributed by atoms with Gasteiger partial charge in [0.25, 0.3) is 0 Å². The van der Waals surface area contributed by atoms with E-state index < -0.39 is 0 Å². The summed E-state index contributed by atoms with van der Waals surface area (Å²) in [5.74, 6) is 1.38. The predicted octanol–water partition coefficient (Wildman–Crippen LogP) is 3.73. The normalized spacial score (nSPS) is 9.96. The zero-order chi connectivity index (χ0) is 19.2. The number of carbonyl (C=O) groups is 1. The maximum Gasteiger partial charge on any atom is 0.323 e. The van der Waals surface area contributed by atoms with E-state index in [1.165, 1.54) is 0 Å². The summed E-state index contributed by atoms with van der Waals surface area (Å²) < 4.78 is 0. The van der Waals surface area contributed by atoms with Crippen LogP contribution in [0, 0.1) is 11.3 Å². The Morgan fingerprint density at radius 2 is 1.78 bits per heavy atom. The maximum absolute atomic E-state index is 12.2. The van der Waals surface area contributed by atoms with Crippen molar-refractivity contribution in [3.63, 3.8) is 0 Å². The van der Waals surface area contributed by atoms with Gasteiger partial charge < -0.3 is 15.5 Å². The zero-order valence-electron chi connectivity index (χ0n) is 15.0. The second-order valence-electron chi connectivity index (χ2n) is 5.98. The van der Waals surface area contributed by atoms with E-state index >= 15 is 0 Å². The molecule has 0 radical (unpaired) electrons. The first-order valence-electron chi connectivity index (χ1n) is 8.24. The Morgan fingerprint density at radius 3 is 2.48 bits per heavy atom. The molecule has 0 saturated carbocycles. The summed E-state index contributed by atoms with van der Waals surface area (Å²) in [5, 5.41) is 14.3. The van der Waals surface area contributed by atoms with E-state index in [1.807, 2.05) is 49.3 Å². The van der Waals surface area contributed by atoms with E-state index in [-0.39, 0.29) is 6.03 Å². The minimum atomic E-state index is -0.375. The maximum atomic E-state index is 12.2. The number of hydrogen-bond acceptors (Lipinski definition) is 5. The first-order valence-corrected chi connectivity index (χ1v) is 8.24. The zero-order valence-corrected chi connectivity index (χ0v) is 15.0. The second kappa shape index (κ2) is 7.97. The van der Waals surface area contributed by atoms with Crippen molar-refractivity contribution in [1.29, 1.82) is 5.26 Å². The van der Waals surface area contributed by atoms with Crippen LogP contribution in [-0.4, -0.2) is 30.1 Å². The summed E-state index contributed by atoms with van der Waals surface area (Å²) in [5.41, 5.74) is 2.56. The minimum Gasteiger partial charge on any atom is -0.363 e. The summed E-state index contributed by atoms with van der Waals surface area (Å²) >= 11 is 0.